The highest BCUT2D eigenvalue weighted by atomic mass is 16.5. The van der Waals surface area contributed by atoms with Crippen LogP contribution in [0.25, 0.3) is 0 Å². The third-order valence-electron chi connectivity index (χ3n) is 6.83. The highest BCUT2D eigenvalue weighted by molar-refractivity contribution is 6.06. The largest absolute Gasteiger partial charge is 0.478 e. The van der Waals surface area contributed by atoms with Gasteiger partial charge in [0, 0.05) is 0 Å². The first-order valence-corrected chi connectivity index (χ1v) is 11.8. The van der Waals surface area contributed by atoms with E-state index in [4.69, 9.17) is 19.5 Å². The Bertz CT molecular complexity index is 845. The topological polar surface area (TPSA) is 43.2 Å². The van der Waals surface area contributed by atoms with E-state index in [-0.39, 0.29) is 17.5 Å². The molecule has 2 atom stereocenters. The molecule has 0 aromatic heterocycles. The maximum absolute atomic E-state index is 6.29. The van der Waals surface area contributed by atoms with E-state index >= 15 is 0 Å². The molecule has 2 aromatic rings. The SMILES string of the molecule is c1ccc(C[C@H]2COC(C3(C4=N[C@@H](Cc5ccccc5)CO4)CCCCCC3)=N2)cc1. The summed E-state index contributed by atoms with van der Waals surface area (Å²) in [6, 6.07) is 21.6. The zero-order valence-corrected chi connectivity index (χ0v) is 18.2. The molecule has 0 unspecified atom stereocenters. The Morgan fingerprint density at radius 3 is 1.55 bits per heavy atom. The number of benzene rings is 2. The Hall–Kier alpha value is -2.62. The Morgan fingerprint density at radius 1 is 0.645 bits per heavy atom. The molecule has 0 saturated heterocycles. The second-order valence-corrected chi connectivity index (χ2v) is 9.17. The molecule has 0 N–H and O–H groups in total. The summed E-state index contributed by atoms with van der Waals surface area (Å²) in [4.78, 5) is 10.2. The van der Waals surface area contributed by atoms with Crippen molar-refractivity contribution in [2.75, 3.05) is 13.2 Å². The smallest absolute Gasteiger partial charge is 0.199 e. The minimum atomic E-state index is -0.270. The molecule has 1 saturated carbocycles. The summed E-state index contributed by atoms with van der Waals surface area (Å²) in [7, 11) is 0. The van der Waals surface area contributed by atoms with E-state index in [0.717, 1.165) is 37.5 Å². The van der Waals surface area contributed by atoms with Gasteiger partial charge in [0.05, 0.1) is 12.1 Å². The van der Waals surface area contributed by atoms with Gasteiger partial charge in [-0.25, -0.2) is 9.98 Å². The van der Waals surface area contributed by atoms with Gasteiger partial charge in [0.2, 0.25) is 0 Å². The summed E-state index contributed by atoms with van der Waals surface area (Å²) >= 11 is 0. The lowest BCUT2D eigenvalue weighted by Gasteiger charge is -2.30. The summed E-state index contributed by atoms with van der Waals surface area (Å²) < 4.78 is 12.6. The Kier molecular flexibility index (Phi) is 6.06. The van der Waals surface area contributed by atoms with Gasteiger partial charge in [-0.1, -0.05) is 86.3 Å². The van der Waals surface area contributed by atoms with Crippen LogP contribution in [-0.4, -0.2) is 37.1 Å². The molecule has 2 heterocycles. The molecular formula is C27H32N2O2. The summed E-state index contributed by atoms with van der Waals surface area (Å²) in [5.74, 6) is 1.77. The summed E-state index contributed by atoms with van der Waals surface area (Å²) in [5.41, 5.74) is 2.36. The number of rotatable bonds is 6. The minimum absolute atomic E-state index is 0.180. The van der Waals surface area contributed by atoms with Crippen molar-refractivity contribution in [3.05, 3.63) is 71.8 Å². The van der Waals surface area contributed by atoms with E-state index in [9.17, 15) is 0 Å². The van der Waals surface area contributed by atoms with Crippen molar-refractivity contribution in [2.24, 2.45) is 15.4 Å². The van der Waals surface area contributed by atoms with Crippen LogP contribution in [0.15, 0.2) is 70.6 Å². The van der Waals surface area contributed by atoms with E-state index in [2.05, 4.69) is 60.7 Å². The molecule has 0 bridgehead atoms. The number of hydrogen-bond donors (Lipinski definition) is 0. The van der Waals surface area contributed by atoms with Gasteiger partial charge in [0.1, 0.15) is 18.6 Å². The first-order chi connectivity index (χ1) is 15.3. The van der Waals surface area contributed by atoms with Gasteiger partial charge >= 0.3 is 0 Å². The second kappa shape index (κ2) is 9.25. The van der Waals surface area contributed by atoms with E-state index in [1.165, 1.54) is 36.8 Å². The lowest BCUT2D eigenvalue weighted by molar-refractivity contribution is 0.239. The van der Waals surface area contributed by atoms with Gasteiger partial charge in [-0.3, -0.25) is 0 Å². The van der Waals surface area contributed by atoms with Crippen LogP contribution in [0.2, 0.25) is 0 Å². The average Bonchev–Trinajstić information content (AvgIpc) is 3.40. The zero-order valence-electron chi connectivity index (χ0n) is 18.2. The fraction of sp³-hybridized carbons (Fsp3) is 0.481. The normalized spacial score (nSPS) is 25.2. The number of ether oxygens (including phenoxy) is 2. The highest BCUT2D eigenvalue weighted by Gasteiger charge is 2.48. The van der Waals surface area contributed by atoms with Crippen LogP contribution in [-0.2, 0) is 22.3 Å². The molecule has 162 valence electrons. The van der Waals surface area contributed by atoms with Crippen LogP contribution in [0.1, 0.15) is 49.7 Å². The van der Waals surface area contributed by atoms with Crippen LogP contribution in [0.5, 0.6) is 0 Å². The number of aliphatic imine (C=N–C) groups is 2. The highest BCUT2D eigenvalue weighted by Crippen LogP contribution is 2.42. The van der Waals surface area contributed by atoms with Crippen LogP contribution in [0, 0.1) is 5.41 Å². The van der Waals surface area contributed by atoms with Crippen LogP contribution in [0.3, 0.4) is 0 Å². The monoisotopic (exact) mass is 416 g/mol. The lowest BCUT2D eigenvalue weighted by Crippen LogP contribution is -2.39. The summed E-state index contributed by atoms with van der Waals surface area (Å²) in [6.07, 6.45) is 8.79. The van der Waals surface area contributed by atoms with E-state index < -0.39 is 0 Å². The van der Waals surface area contributed by atoms with Crippen molar-refractivity contribution in [3.63, 3.8) is 0 Å². The molecular weight excluding hydrogens is 384 g/mol. The third kappa shape index (κ3) is 4.53. The van der Waals surface area contributed by atoms with Gasteiger partial charge in [-0.15, -0.1) is 0 Å². The fourth-order valence-corrected chi connectivity index (χ4v) is 5.19. The van der Waals surface area contributed by atoms with Gasteiger partial charge in [0.25, 0.3) is 0 Å². The van der Waals surface area contributed by atoms with Crippen molar-refractivity contribution in [1.82, 2.24) is 0 Å². The maximum Gasteiger partial charge on any atom is 0.199 e. The van der Waals surface area contributed by atoms with Gasteiger partial charge in [-0.2, -0.15) is 0 Å². The standard InChI is InChI=1S/C27H32N2O2/c1-2-10-16-27(15-9-1,25-28-23(19-30-25)17-21-11-5-3-6-12-21)26-29-24(20-31-26)18-22-13-7-4-8-14-22/h3-8,11-14,23-24H,1-2,9-10,15-20H2/t23-,24-/m0/s1. The molecule has 1 aliphatic carbocycles. The first-order valence-electron chi connectivity index (χ1n) is 11.8. The molecule has 0 amide bonds. The maximum atomic E-state index is 6.29. The number of nitrogens with zero attached hydrogens (tertiary/aromatic N) is 2. The summed E-state index contributed by atoms with van der Waals surface area (Å²) in [5, 5.41) is 0. The molecule has 5 rings (SSSR count). The van der Waals surface area contributed by atoms with Gasteiger partial charge in [-0.05, 0) is 36.8 Å². The zero-order chi connectivity index (χ0) is 20.9. The quantitative estimate of drug-likeness (QED) is 0.591. The predicted octanol–water partition coefficient (Wildman–Crippen LogP) is 5.41. The molecule has 0 spiro atoms. The molecule has 2 aromatic carbocycles. The van der Waals surface area contributed by atoms with Crippen molar-refractivity contribution in [1.29, 1.82) is 0 Å². The molecule has 0 radical (unpaired) electrons. The van der Waals surface area contributed by atoms with Crippen molar-refractivity contribution in [3.8, 4) is 0 Å². The van der Waals surface area contributed by atoms with Crippen LogP contribution in [0.4, 0.5) is 0 Å². The third-order valence-corrected chi connectivity index (χ3v) is 6.83. The Morgan fingerprint density at radius 2 is 1.10 bits per heavy atom. The van der Waals surface area contributed by atoms with Crippen molar-refractivity contribution < 1.29 is 9.47 Å². The number of hydrogen-bond acceptors (Lipinski definition) is 4. The Balaban J connectivity index is 1.38. The molecule has 4 nitrogen and oxygen atoms in total. The molecule has 3 aliphatic rings. The predicted molar refractivity (Wildman–Crippen MR) is 125 cm³/mol. The van der Waals surface area contributed by atoms with Crippen molar-refractivity contribution in [2.45, 2.75) is 63.5 Å². The van der Waals surface area contributed by atoms with E-state index in [1.54, 1.807) is 0 Å². The van der Waals surface area contributed by atoms with Crippen LogP contribution >= 0.6 is 0 Å². The molecule has 4 heteroatoms. The van der Waals surface area contributed by atoms with E-state index in [0.29, 0.717) is 13.2 Å². The Labute approximate surface area is 185 Å². The molecule has 2 aliphatic heterocycles. The first kappa shape index (κ1) is 20.3. The van der Waals surface area contributed by atoms with E-state index in [1.807, 2.05) is 0 Å². The minimum Gasteiger partial charge on any atom is -0.478 e. The molecule has 1 fully saturated rings. The fourth-order valence-electron chi connectivity index (χ4n) is 5.19. The second-order valence-electron chi connectivity index (χ2n) is 9.17. The van der Waals surface area contributed by atoms with Gasteiger partial charge in [0.15, 0.2) is 11.8 Å². The summed E-state index contributed by atoms with van der Waals surface area (Å²) in [6.45, 7) is 1.32. The average molecular weight is 417 g/mol. The van der Waals surface area contributed by atoms with Crippen LogP contribution < -0.4 is 0 Å². The lowest BCUT2D eigenvalue weighted by atomic mass is 9.79. The van der Waals surface area contributed by atoms with Gasteiger partial charge < -0.3 is 9.47 Å². The van der Waals surface area contributed by atoms with Crippen molar-refractivity contribution >= 4 is 11.8 Å². The molecule has 31 heavy (non-hydrogen) atoms.